The third kappa shape index (κ3) is 2.36. The first-order valence-electron chi connectivity index (χ1n) is 6.86. The monoisotopic (exact) mass is 331 g/mol. The molecule has 0 aliphatic carbocycles. The topological polar surface area (TPSA) is 82.5 Å². The lowest BCUT2D eigenvalue weighted by atomic mass is 10.3. The van der Waals surface area contributed by atoms with Crippen LogP contribution in [0.5, 0.6) is 11.5 Å². The van der Waals surface area contributed by atoms with Crippen LogP contribution in [0.25, 0.3) is 11.0 Å². The summed E-state index contributed by atoms with van der Waals surface area (Å²) in [6, 6.07) is 9.73. The Labute approximate surface area is 132 Å². The first-order valence-corrected chi connectivity index (χ1v) is 8.35. The number of sulfonamides is 1. The average molecular weight is 331 g/mol. The van der Waals surface area contributed by atoms with Crippen molar-refractivity contribution in [1.29, 1.82) is 0 Å². The summed E-state index contributed by atoms with van der Waals surface area (Å²) in [5.74, 6) is 1.12. The Morgan fingerprint density at radius 2 is 1.96 bits per heavy atom. The van der Waals surface area contributed by atoms with E-state index >= 15 is 0 Å². The number of aromatic nitrogens is 2. The summed E-state index contributed by atoms with van der Waals surface area (Å²) >= 11 is 0. The molecule has 4 rings (SSSR count). The van der Waals surface area contributed by atoms with Crippen molar-refractivity contribution in [2.75, 3.05) is 11.5 Å². The van der Waals surface area contributed by atoms with Crippen LogP contribution < -0.4 is 14.2 Å². The molecule has 0 bridgehead atoms. The van der Waals surface area contributed by atoms with Crippen LogP contribution >= 0.6 is 0 Å². The number of imidazole rings is 1. The van der Waals surface area contributed by atoms with Crippen LogP contribution in [0, 0.1) is 0 Å². The lowest BCUT2D eigenvalue weighted by molar-refractivity contribution is 0.174. The Bertz CT molecular complexity index is 1010. The minimum atomic E-state index is -3.71. The smallest absolute Gasteiger partial charge is 0.261 e. The minimum Gasteiger partial charge on any atom is -0.454 e. The highest BCUT2D eigenvalue weighted by Gasteiger charge is 2.18. The van der Waals surface area contributed by atoms with Crippen molar-refractivity contribution in [2.45, 2.75) is 4.90 Å². The molecule has 2 aromatic carbocycles. The normalized spacial score (nSPS) is 13.4. The number of rotatable bonds is 3. The molecule has 7 nitrogen and oxygen atoms in total. The molecule has 1 aliphatic heterocycles. The van der Waals surface area contributed by atoms with Crippen molar-refractivity contribution in [3.8, 4) is 11.5 Å². The molecule has 0 spiro atoms. The number of benzene rings is 2. The SMILES string of the molecule is Cn1cnc2cc(S(=O)(=O)Nc3ccc4c(c3)OCO4)ccc21. The maximum atomic E-state index is 12.5. The minimum absolute atomic E-state index is 0.141. The predicted octanol–water partition coefficient (Wildman–Crippen LogP) is 2.10. The molecule has 2 heterocycles. The maximum absolute atomic E-state index is 12.5. The molecule has 0 fully saturated rings. The second kappa shape index (κ2) is 4.88. The molecule has 23 heavy (non-hydrogen) atoms. The van der Waals surface area contributed by atoms with Crippen molar-refractivity contribution >= 4 is 26.7 Å². The van der Waals surface area contributed by atoms with Crippen molar-refractivity contribution in [3.05, 3.63) is 42.7 Å². The van der Waals surface area contributed by atoms with Crippen LogP contribution in [0.2, 0.25) is 0 Å². The van der Waals surface area contributed by atoms with Crippen LogP contribution in [0.15, 0.2) is 47.6 Å². The van der Waals surface area contributed by atoms with Gasteiger partial charge in [0.2, 0.25) is 6.79 Å². The Kier molecular flexibility index (Phi) is 2.95. The fourth-order valence-corrected chi connectivity index (χ4v) is 3.53. The lowest BCUT2D eigenvalue weighted by Crippen LogP contribution is -2.12. The Balaban J connectivity index is 1.68. The standard InChI is InChI=1S/C15H13N3O4S/c1-18-8-16-12-7-11(3-4-13(12)18)23(19,20)17-10-2-5-14-15(6-10)22-9-21-14/h2-8,17H,9H2,1H3. The molecule has 1 N–H and O–H groups in total. The summed E-state index contributed by atoms with van der Waals surface area (Å²) in [7, 11) is -1.85. The zero-order valence-electron chi connectivity index (χ0n) is 12.2. The van der Waals surface area contributed by atoms with Crippen LogP contribution in [0.4, 0.5) is 5.69 Å². The van der Waals surface area contributed by atoms with Gasteiger partial charge in [0.25, 0.3) is 10.0 Å². The molecule has 0 radical (unpaired) electrons. The summed E-state index contributed by atoms with van der Waals surface area (Å²) in [4.78, 5) is 4.33. The quantitative estimate of drug-likeness (QED) is 0.795. The van der Waals surface area contributed by atoms with E-state index in [1.165, 1.54) is 0 Å². The van der Waals surface area contributed by atoms with E-state index < -0.39 is 10.0 Å². The predicted molar refractivity (Wildman–Crippen MR) is 84.1 cm³/mol. The second-order valence-electron chi connectivity index (χ2n) is 5.18. The second-order valence-corrected chi connectivity index (χ2v) is 6.86. The molecule has 118 valence electrons. The van der Waals surface area contributed by atoms with Crippen LogP contribution in [0.3, 0.4) is 0 Å². The van der Waals surface area contributed by atoms with Gasteiger partial charge < -0.3 is 14.0 Å². The maximum Gasteiger partial charge on any atom is 0.261 e. The number of fused-ring (bicyclic) bond motifs is 2. The van der Waals surface area contributed by atoms with Crippen LogP contribution in [0.1, 0.15) is 0 Å². The van der Waals surface area contributed by atoms with Gasteiger partial charge in [-0.1, -0.05) is 0 Å². The fourth-order valence-electron chi connectivity index (χ4n) is 2.46. The van der Waals surface area contributed by atoms with Gasteiger partial charge in [-0.05, 0) is 30.3 Å². The van der Waals surface area contributed by atoms with Gasteiger partial charge in [0, 0.05) is 13.1 Å². The Morgan fingerprint density at radius 3 is 2.83 bits per heavy atom. The summed E-state index contributed by atoms with van der Waals surface area (Å²) in [5.41, 5.74) is 1.91. The number of hydrogen-bond acceptors (Lipinski definition) is 5. The van der Waals surface area contributed by atoms with Gasteiger partial charge in [0.1, 0.15) is 0 Å². The van der Waals surface area contributed by atoms with Gasteiger partial charge in [-0.25, -0.2) is 13.4 Å². The zero-order valence-corrected chi connectivity index (χ0v) is 13.0. The largest absolute Gasteiger partial charge is 0.454 e. The summed E-state index contributed by atoms with van der Waals surface area (Å²) < 4.78 is 39.9. The van der Waals surface area contributed by atoms with Gasteiger partial charge in [-0.3, -0.25) is 4.72 Å². The number of aryl methyl sites for hydroxylation is 1. The van der Waals surface area contributed by atoms with Crippen LogP contribution in [-0.4, -0.2) is 24.8 Å². The van der Waals surface area contributed by atoms with Gasteiger partial charge in [-0.15, -0.1) is 0 Å². The third-order valence-electron chi connectivity index (χ3n) is 3.63. The highest BCUT2D eigenvalue weighted by Crippen LogP contribution is 2.34. The highest BCUT2D eigenvalue weighted by molar-refractivity contribution is 7.92. The third-order valence-corrected chi connectivity index (χ3v) is 5.01. The van der Waals surface area contributed by atoms with E-state index in [2.05, 4.69) is 9.71 Å². The number of nitrogens with zero attached hydrogens (tertiary/aromatic N) is 2. The Morgan fingerprint density at radius 1 is 1.13 bits per heavy atom. The van der Waals surface area contributed by atoms with E-state index in [1.807, 2.05) is 11.6 Å². The zero-order chi connectivity index (χ0) is 16.0. The Hall–Kier alpha value is -2.74. The molecule has 1 aliphatic rings. The van der Waals surface area contributed by atoms with Crippen molar-refractivity contribution in [1.82, 2.24) is 9.55 Å². The van der Waals surface area contributed by atoms with E-state index in [9.17, 15) is 8.42 Å². The molecular weight excluding hydrogens is 318 g/mol. The molecule has 8 heteroatoms. The number of anilines is 1. The van der Waals surface area contributed by atoms with Crippen LogP contribution in [-0.2, 0) is 17.1 Å². The number of hydrogen-bond donors (Lipinski definition) is 1. The van der Waals surface area contributed by atoms with Gasteiger partial charge in [0.05, 0.1) is 27.9 Å². The van der Waals surface area contributed by atoms with Gasteiger partial charge in [-0.2, -0.15) is 0 Å². The van der Waals surface area contributed by atoms with Gasteiger partial charge in [0.15, 0.2) is 11.5 Å². The molecule has 0 saturated heterocycles. The van der Waals surface area contributed by atoms with E-state index in [0.29, 0.717) is 22.7 Å². The summed E-state index contributed by atoms with van der Waals surface area (Å²) in [6.07, 6.45) is 1.65. The molecule has 3 aromatic rings. The van der Waals surface area contributed by atoms with Crippen molar-refractivity contribution in [2.24, 2.45) is 7.05 Å². The fraction of sp³-hybridized carbons (Fsp3) is 0.133. The first kappa shape index (κ1) is 13.9. The molecule has 0 saturated carbocycles. The molecular formula is C15H13N3O4S. The van der Waals surface area contributed by atoms with Crippen molar-refractivity contribution < 1.29 is 17.9 Å². The number of nitrogens with one attached hydrogen (secondary N) is 1. The first-order chi connectivity index (χ1) is 11.0. The lowest BCUT2D eigenvalue weighted by Gasteiger charge is -2.09. The number of ether oxygens (including phenoxy) is 2. The van der Waals surface area contributed by atoms with E-state index in [-0.39, 0.29) is 11.7 Å². The summed E-state index contributed by atoms with van der Waals surface area (Å²) in [6.45, 7) is 0.141. The van der Waals surface area contributed by atoms with Crippen molar-refractivity contribution in [3.63, 3.8) is 0 Å². The molecule has 0 atom stereocenters. The average Bonchev–Trinajstić information content (AvgIpc) is 3.13. The van der Waals surface area contributed by atoms with Gasteiger partial charge >= 0.3 is 0 Å². The van der Waals surface area contributed by atoms with E-state index in [1.54, 1.807) is 42.7 Å². The molecule has 0 unspecified atom stereocenters. The summed E-state index contributed by atoms with van der Waals surface area (Å²) in [5, 5.41) is 0. The molecule has 1 aromatic heterocycles. The molecule has 0 amide bonds. The highest BCUT2D eigenvalue weighted by atomic mass is 32.2. The van der Waals surface area contributed by atoms with E-state index in [0.717, 1.165) is 5.52 Å². The van der Waals surface area contributed by atoms with E-state index in [4.69, 9.17) is 9.47 Å².